The summed E-state index contributed by atoms with van der Waals surface area (Å²) in [4.78, 5) is 12.8. The van der Waals surface area contributed by atoms with Gasteiger partial charge in [-0.05, 0) is 6.07 Å². The third-order valence-corrected chi connectivity index (χ3v) is 2.25. The minimum absolute atomic E-state index is 0.245. The lowest BCUT2D eigenvalue weighted by atomic mass is 10.3. The van der Waals surface area contributed by atoms with E-state index in [4.69, 9.17) is 10.5 Å². The largest absolute Gasteiger partial charge is 0.436 e. The number of nitro groups is 1. The first-order valence-electron chi connectivity index (χ1n) is 5.12. The lowest BCUT2D eigenvalue weighted by Crippen LogP contribution is -2.00. The Kier molecular flexibility index (Phi) is 3.42. The number of nitro benzene ring substituents is 1. The summed E-state index contributed by atoms with van der Waals surface area (Å²) >= 11 is 0. The molecule has 20 heavy (non-hydrogen) atoms. The van der Waals surface area contributed by atoms with Gasteiger partial charge in [-0.3, -0.25) is 10.1 Å². The Bertz CT molecular complexity index is 694. The molecule has 0 aliphatic rings. The van der Waals surface area contributed by atoms with Crippen molar-refractivity contribution in [3.05, 3.63) is 51.8 Å². The van der Waals surface area contributed by atoms with Gasteiger partial charge in [-0.1, -0.05) is 0 Å². The summed E-state index contributed by atoms with van der Waals surface area (Å²) in [6.07, 6.45) is 0. The molecule has 1 aromatic heterocycles. The summed E-state index contributed by atoms with van der Waals surface area (Å²) in [5.74, 6) is -4.88. The van der Waals surface area contributed by atoms with Crippen LogP contribution in [-0.4, -0.2) is 9.91 Å². The van der Waals surface area contributed by atoms with E-state index in [1.54, 1.807) is 0 Å². The number of anilines is 1. The van der Waals surface area contributed by atoms with Gasteiger partial charge < -0.3 is 10.5 Å². The Morgan fingerprint density at radius 3 is 2.45 bits per heavy atom. The Balaban J connectivity index is 2.33. The summed E-state index contributed by atoms with van der Waals surface area (Å²) in [6.45, 7) is 0. The van der Waals surface area contributed by atoms with Gasteiger partial charge in [-0.15, -0.1) is 0 Å². The van der Waals surface area contributed by atoms with Crippen LogP contribution in [0.25, 0.3) is 0 Å². The van der Waals surface area contributed by atoms with Gasteiger partial charge in [-0.25, -0.2) is 8.78 Å². The molecule has 0 aliphatic carbocycles. The molecule has 0 amide bonds. The fourth-order valence-electron chi connectivity index (χ4n) is 1.35. The maximum atomic E-state index is 13.3. The van der Waals surface area contributed by atoms with Crippen molar-refractivity contribution in [2.24, 2.45) is 0 Å². The molecule has 0 unspecified atom stereocenters. The van der Waals surface area contributed by atoms with Crippen LogP contribution in [0.1, 0.15) is 0 Å². The number of nitrogen functional groups attached to an aromatic ring is 1. The molecule has 0 radical (unpaired) electrons. The monoisotopic (exact) mass is 285 g/mol. The number of ether oxygens (including phenoxy) is 1. The molecule has 1 aromatic carbocycles. The zero-order chi connectivity index (χ0) is 14.9. The van der Waals surface area contributed by atoms with Crippen LogP contribution in [-0.2, 0) is 0 Å². The molecule has 0 atom stereocenters. The zero-order valence-corrected chi connectivity index (χ0v) is 9.64. The second-order valence-electron chi connectivity index (χ2n) is 3.61. The minimum atomic E-state index is -1.16. The van der Waals surface area contributed by atoms with Gasteiger partial charge in [-0.2, -0.15) is 9.37 Å². The van der Waals surface area contributed by atoms with Crippen LogP contribution >= 0.6 is 0 Å². The number of nitrogens with zero attached hydrogens (tertiary/aromatic N) is 2. The molecule has 6 nitrogen and oxygen atoms in total. The Morgan fingerprint density at radius 2 is 1.85 bits per heavy atom. The number of pyridine rings is 1. The maximum Gasteiger partial charge on any atom is 0.305 e. The van der Waals surface area contributed by atoms with E-state index in [9.17, 15) is 23.3 Å². The van der Waals surface area contributed by atoms with Gasteiger partial charge in [0.2, 0.25) is 5.82 Å². The fourth-order valence-corrected chi connectivity index (χ4v) is 1.35. The van der Waals surface area contributed by atoms with E-state index in [2.05, 4.69) is 4.98 Å². The molecule has 0 fully saturated rings. The number of nitrogens with two attached hydrogens (primary N) is 1. The lowest BCUT2D eigenvalue weighted by molar-refractivity contribution is -0.387. The van der Waals surface area contributed by atoms with Crippen molar-refractivity contribution in [1.29, 1.82) is 0 Å². The number of halogens is 3. The van der Waals surface area contributed by atoms with Crippen LogP contribution in [0.2, 0.25) is 0 Å². The Hall–Kier alpha value is -2.84. The molecule has 0 bridgehead atoms. The van der Waals surface area contributed by atoms with Crippen molar-refractivity contribution in [3.63, 3.8) is 0 Å². The van der Waals surface area contributed by atoms with E-state index in [-0.39, 0.29) is 5.75 Å². The lowest BCUT2D eigenvalue weighted by Gasteiger charge is -2.07. The highest BCUT2D eigenvalue weighted by molar-refractivity contribution is 5.41. The quantitative estimate of drug-likeness (QED) is 0.691. The Morgan fingerprint density at radius 1 is 1.15 bits per heavy atom. The van der Waals surface area contributed by atoms with E-state index in [0.717, 1.165) is 12.1 Å². The smallest absolute Gasteiger partial charge is 0.305 e. The minimum Gasteiger partial charge on any atom is -0.436 e. The van der Waals surface area contributed by atoms with Crippen LogP contribution in [0.15, 0.2) is 24.3 Å². The predicted octanol–water partition coefficient (Wildman–Crippen LogP) is 2.78. The van der Waals surface area contributed by atoms with Crippen LogP contribution < -0.4 is 10.5 Å². The molecule has 9 heteroatoms. The van der Waals surface area contributed by atoms with Crippen molar-refractivity contribution < 1.29 is 22.8 Å². The summed E-state index contributed by atoms with van der Waals surface area (Å²) in [5, 5.41) is 10.4. The molecule has 0 aliphatic heterocycles. The topological polar surface area (TPSA) is 91.3 Å². The van der Waals surface area contributed by atoms with E-state index in [0.29, 0.717) is 12.1 Å². The number of rotatable bonds is 3. The number of aromatic nitrogens is 1. The van der Waals surface area contributed by atoms with Crippen molar-refractivity contribution in [2.45, 2.75) is 0 Å². The molecule has 2 rings (SSSR count). The molecule has 0 saturated heterocycles. The molecule has 1 heterocycles. The first-order valence-corrected chi connectivity index (χ1v) is 5.12. The molecule has 2 aromatic rings. The average Bonchev–Trinajstić information content (AvgIpc) is 2.35. The molecular formula is C11H6F3N3O3. The summed E-state index contributed by atoms with van der Waals surface area (Å²) in [6, 6.07) is 3.02. The zero-order valence-electron chi connectivity index (χ0n) is 9.64. The first kappa shape index (κ1) is 13.6. The first-order chi connectivity index (χ1) is 9.38. The van der Waals surface area contributed by atoms with Crippen molar-refractivity contribution in [3.8, 4) is 11.6 Å². The normalized spacial score (nSPS) is 10.3. The third-order valence-electron chi connectivity index (χ3n) is 2.25. The van der Waals surface area contributed by atoms with E-state index in [1.807, 2.05) is 0 Å². The highest BCUT2D eigenvalue weighted by atomic mass is 19.1. The summed E-state index contributed by atoms with van der Waals surface area (Å²) in [7, 11) is 0. The average molecular weight is 285 g/mol. The Labute approximate surface area is 109 Å². The van der Waals surface area contributed by atoms with Crippen LogP contribution in [0.3, 0.4) is 0 Å². The van der Waals surface area contributed by atoms with E-state index in [1.165, 1.54) is 0 Å². The standard InChI is InChI=1S/C11H6F3N3O3/c12-6-3-5(1-2-9(6)17(18)19)20-11-8(14)4-7(13)10(15)16-11/h1-4H,(H2,15,16). The molecule has 0 spiro atoms. The van der Waals surface area contributed by atoms with Crippen LogP contribution in [0, 0.1) is 27.6 Å². The molecule has 0 saturated carbocycles. The van der Waals surface area contributed by atoms with Crippen molar-refractivity contribution in [1.82, 2.24) is 4.98 Å². The van der Waals surface area contributed by atoms with Crippen LogP contribution in [0.4, 0.5) is 24.7 Å². The highest BCUT2D eigenvalue weighted by Crippen LogP contribution is 2.28. The maximum absolute atomic E-state index is 13.3. The fraction of sp³-hybridized carbons (Fsp3) is 0. The van der Waals surface area contributed by atoms with Crippen LogP contribution in [0.5, 0.6) is 11.6 Å². The number of hydrogen-bond donors (Lipinski definition) is 1. The highest BCUT2D eigenvalue weighted by Gasteiger charge is 2.16. The number of benzene rings is 1. The van der Waals surface area contributed by atoms with Gasteiger partial charge >= 0.3 is 5.69 Å². The van der Waals surface area contributed by atoms with Crippen molar-refractivity contribution >= 4 is 11.5 Å². The second kappa shape index (κ2) is 5.03. The van der Waals surface area contributed by atoms with E-state index < -0.39 is 39.8 Å². The molecule has 2 N–H and O–H groups in total. The van der Waals surface area contributed by atoms with Gasteiger partial charge in [0.25, 0.3) is 5.88 Å². The van der Waals surface area contributed by atoms with Crippen molar-refractivity contribution in [2.75, 3.05) is 5.73 Å². The predicted molar refractivity (Wildman–Crippen MR) is 61.7 cm³/mol. The SMILES string of the molecule is Nc1nc(Oc2ccc([N+](=O)[O-])c(F)c2)c(F)cc1F. The van der Waals surface area contributed by atoms with Gasteiger partial charge in [0.15, 0.2) is 17.5 Å². The second-order valence-corrected chi connectivity index (χ2v) is 3.61. The summed E-state index contributed by atoms with van der Waals surface area (Å²) < 4.78 is 44.4. The third kappa shape index (κ3) is 2.60. The molecule has 104 valence electrons. The van der Waals surface area contributed by atoms with Gasteiger partial charge in [0, 0.05) is 18.2 Å². The summed E-state index contributed by atoms with van der Waals surface area (Å²) in [5.41, 5.74) is 4.38. The van der Waals surface area contributed by atoms with E-state index >= 15 is 0 Å². The van der Waals surface area contributed by atoms with Gasteiger partial charge in [0.1, 0.15) is 5.75 Å². The molecular weight excluding hydrogens is 279 g/mol. The van der Waals surface area contributed by atoms with Gasteiger partial charge in [0.05, 0.1) is 4.92 Å². The number of hydrogen-bond acceptors (Lipinski definition) is 5.